The van der Waals surface area contributed by atoms with Crippen molar-refractivity contribution in [3.05, 3.63) is 234 Å². The van der Waals surface area contributed by atoms with Crippen LogP contribution in [-0.2, 0) is 10.8 Å². The highest BCUT2D eigenvalue weighted by molar-refractivity contribution is 6.25. The normalized spacial score (nSPS) is 13.4. The quantitative estimate of drug-likeness (QED) is 0.161. The SMILES string of the molecule is CC(C)(C)c1ccc2c(c1)C1(c3ccccc3-c3ccccc31)c1cc(N(c3ccc(-c4ccccc4)cc3)c3ccc4c5ccccc5c5ccccc5c4c3)ccc1-2. The molecule has 0 amide bonds. The van der Waals surface area contributed by atoms with Gasteiger partial charge in [-0.15, -0.1) is 0 Å². The van der Waals surface area contributed by atoms with Crippen molar-refractivity contribution < 1.29 is 0 Å². The lowest BCUT2D eigenvalue weighted by Crippen LogP contribution is -2.27. The third-order valence-corrected chi connectivity index (χ3v) is 13.4. The number of anilines is 3. The maximum atomic E-state index is 2.52. The molecular formula is C59H43N. The Morgan fingerprint density at radius 3 is 1.37 bits per heavy atom. The van der Waals surface area contributed by atoms with Crippen molar-refractivity contribution in [2.45, 2.75) is 31.6 Å². The standard InChI is InChI=1S/C59H43N/c1-58(2,3)40-27-32-51-52-34-31-43(37-57(52)59(56(51)35-40)54-23-13-11-21-49(54)50-22-12-14-24-55(50)59)60(41-28-25-39(26-29-41)38-15-5-4-6-16-38)42-30-33-48-46-19-8-7-17-44(46)45-18-9-10-20-47(45)53(48)36-42/h4-37H,1-3H3. The van der Waals surface area contributed by atoms with Crippen molar-refractivity contribution in [1.82, 2.24) is 0 Å². The Hall–Kier alpha value is -7.22. The first-order valence-electron chi connectivity index (χ1n) is 21.2. The summed E-state index contributed by atoms with van der Waals surface area (Å²) in [5, 5.41) is 7.64. The number of hydrogen-bond donors (Lipinski definition) is 0. The van der Waals surface area contributed by atoms with Crippen molar-refractivity contribution in [3.8, 4) is 33.4 Å². The van der Waals surface area contributed by atoms with E-state index in [9.17, 15) is 0 Å². The minimum Gasteiger partial charge on any atom is -0.310 e. The molecule has 0 radical (unpaired) electrons. The van der Waals surface area contributed by atoms with Gasteiger partial charge in [0.15, 0.2) is 0 Å². The second-order valence-electron chi connectivity index (χ2n) is 17.7. The first kappa shape index (κ1) is 34.8. The molecule has 0 saturated carbocycles. The summed E-state index contributed by atoms with van der Waals surface area (Å²) in [5.74, 6) is 0. The average Bonchev–Trinajstić information content (AvgIpc) is 3.76. The van der Waals surface area contributed by atoms with Crippen LogP contribution in [0.25, 0.3) is 65.7 Å². The summed E-state index contributed by atoms with van der Waals surface area (Å²) in [4.78, 5) is 2.47. The zero-order chi connectivity index (χ0) is 40.2. The van der Waals surface area contributed by atoms with Crippen LogP contribution in [0.3, 0.4) is 0 Å². The predicted molar refractivity (Wildman–Crippen MR) is 254 cm³/mol. The van der Waals surface area contributed by atoms with E-state index in [0.29, 0.717) is 0 Å². The lowest BCUT2D eigenvalue weighted by atomic mass is 9.69. The fourth-order valence-electron chi connectivity index (χ4n) is 10.6. The highest BCUT2D eigenvalue weighted by Crippen LogP contribution is 2.63. The van der Waals surface area contributed by atoms with Crippen LogP contribution in [0.5, 0.6) is 0 Å². The molecule has 284 valence electrons. The number of rotatable bonds is 4. The van der Waals surface area contributed by atoms with E-state index < -0.39 is 5.41 Å². The monoisotopic (exact) mass is 765 g/mol. The molecule has 0 atom stereocenters. The van der Waals surface area contributed by atoms with Crippen LogP contribution in [0.4, 0.5) is 17.1 Å². The van der Waals surface area contributed by atoms with Gasteiger partial charge in [-0.3, -0.25) is 0 Å². The molecule has 0 heterocycles. The van der Waals surface area contributed by atoms with E-state index in [4.69, 9.17) is 0 Å². The van der Waals surface area contributed by atoms with Gasteiger partial charge in [0, 0.05) is 17.1 Å². The predicted octanol–water partition coefficient (Wildman–Crippen LogP) is 15.9. The first-order valence-corrected chi connectivity index (χ1v) is 21.2. The smallest absolute Gasteiger partial charge is 0.0726 e. The summed E-state index contributed by atoms with van der Waals surface area (Å²) in [6.45, 7) is 6.98. The number of hydrogen-bond acceptors (Lipinski definition) is 1. The second-order valence-corrected chi connectivity index (χ2v) is 17.7. The van der Waals surface area contributed by atoms with Crippen molar-refractivity contribution in [1.29, 1.82) is 0 Å². The molecule has 2 aliphatic rings. The molecule has 2 aliphatic carbocycles. The maximum Gasteiger partial charge on any atom is 0.0726 e. The van der Waals surface area contributed by atoms with Gasteiger partial charge >= 0.3 is 0 Å². The zero-order valence-electron chi connectivity index (χ0n) is 34.1. The van der Waals surface area contributed by atoms with E-state index in [1.54, 1.807) is 0 Å². The van der Waals surface area contributed by atoms with Crippen LogP contribution in [0.15, 0.2) is 206 Å². The van der Waals surface area contributed by atoms with Gasteiger partial charge in [-0.2, -0.15) is 0 Å². The van der Waals surface area contributed by atoms with E-state index >= 15 is 0 Å². The minimum absolute atomic E-state index is 0.00207. The minimum atomic E-state index is -0.462. The van der Waals surface area contributed by atoms with Crippen LogP contribution in [0.1, 0.15) is 48.6 Å². The second kappa shape index (κ2) is 12.9. The van der Waals surface area contributed by atoms with Gasteiger partial charge < -0.3 is 4.90 Å². The topological polar surface area (TPSA) is 3.24 Å². The molecule has 0 aromatic heterocycles. The molecule has 1 heteroatoms. The van der Waals surface area contributed by atoms with Crippen molar-refractivity contribution in [2.75, 3.05) is 4.90 Å². The van der Waals surface area contributed by atoms with E-state index in [1.165, 1.54) is 93.5 Å². The maximum absolute atomic E-state index is 2.52. The molecule has 0 fully saturated rings. The molecule has 0 bridgehead atoms. The van der Waals surface area contributed by atoms with E-state index in [0.717, 1.165) is 17.1 Å². The van der Waals surface area contributed by atoms with Gasteiger partial charge in [0.1, 0.15) is 0 Å². The number of fused-ring (bicyclic) bond motifs is 16. The highest BCUT2D eigenvalue weighted by Gasteiger charge is 2.52. The van der Waals surface area contributed by atoms with E-state index in [1.807, 2.05) is 0 Å². The van der Waals surface area contributed by atoms with Crippen molar-refractivity contribution >= 4 is 49.4 Å². The zero-order valence-corrected chi connectivity index (χ0v) is 34.1. The van der Waals surface area contributed by atoms with Gasteiger partial charge in [0.25, 0.3) is 0 Å². The summed E-state index contributed by atoms with van der Waals surface area (Å²) in [6, 6.07) is 77.4. The van der Waals surface area contributed by atoms with Gasteiger partial charge in [0.05, 0.1) is 5.41 Å². The Morgan fingerprint density at radius 1 is 0.317 bits per heavy atom. The molecule has 60 heavy (non-hydrogen) atoms. The summed E-state index contributed by atoms with van der Waals surface area (Å²) >= 11 is 0. The first-order chi connectivity index (χ1) is 29.4. The van der Waals surface area contributed by atoms with E-state index in [2.05, 4.69) is 232 Å². The third kappa shape index (κ3) is 4.93. The Morgan fingerprint density at radius 2 is 0.750 bits per heavy atom. The number of nitrogens with zero attached hydrogens (tertiary/aromatic N) is 1. The molecule has 1 nitrogen and oxygen atoms in total. The largest absolute Gasteiger partial charge is 0.310 e. The fourth-order valence-corrected chi connectivity index (χ4v) is 10.6. The highest BCUT2D eigenvalue weighted by atomic mass is 15.1. The Kier molecular flexibility index (Phi) is 7.47. The average molecular weight is 766 g/mol. The summed E-state index contributed by atoms with van der Waals surface area (Å²) < 4.78 is 0. The van der Waals surface area contributed by atoms with Crippen molar-refractivity contribution in [2.24, 2.45) is 0 Å². The van der Waals surface area contributed by atoms with Crippen LogP contribution < -0.4 is 4.90 Å². The van der Waals surface area contributed by atoms with Crippen LogP contribution in [0, 0.1) is 0 Å². The Balaban J connectivity index is 1.13. The van der Waals surface area contributed by atoms with Crippen molar-refractivity contribution in [3.63, 3.8) is 0 Å². The van der Waals surface area contributed by atoms with Crippen LogP contribution in [0.2, 0.25) is 0 Å². The molecule has 1 spiro atoms. The molecule has 10 aromatic rings. The van der Waals surface area contributed by atoms with Gasteiger partial charge in [-0.05, 0) is 135 Å². The Bertz CT molecular complexity index is 3270. The fraction of sp³-hybridized carbons (Fsp3) is 0.0847. The molecular weight excluding hydrogens is 723 g/mol. The van der Waals surface area contributed by atoms with Gasteiger partial charge in [-0.1, -0.05) is 191 Å². The third-order valence-electron chi connectivity index (χ3n) is 13.4. The molecule has 12 rings (SSSR count). The number of benzene rings is 10. The summed E-state index contributed by atoms with van der Waals surface area (Å²) in [5.41, 5.74) is 17.4. The molecule has 0 unspecified atom stereocenters. The molecule has 0 saturated heterocycles. The van der Waals surface area contributed by atoms with Crippen LogP contribution >= 0.6 is 0 Å². The van der Waals surface area contributed by atoms with Gasteiger partial charge in [0.2, 0.25) is 0 Å². The molecule has 0 aliphatic heterocycles. The summed E-state index contributed by atoms with van der Waals surface area (Å²) in [6.07, 6.45) is 0. The van der Waals surface area contributed by atoms with Crippen LogP contribution in [-0.4, -0.2) is 0 Å². The lowest BCUT2D eigenvalue weighted by molar-refractivity contribution is 0.588. The Labute approximate surface area is 351 Å². The molecule has 0 N–H and O–H groups in total. The van der Waals surface area contributed by atoms with E-state index in [-0.39, 0.29) is 5.41 Å². The van der Waals surface area contributed by atoms with Gasteiger partial charge in [-0.25, -0.2) is 0 Å². The summed E-state index contributed by atoms with van der Waals surface area (Å²) in [7, 11) is 0. The lowest BCUT2D eigenvalue weighted by Gasteiger charge is -2.33. The molecule has 10 aromatic carbocycles.